The predicted molar refractivity (Wildman–Crippen MR) is 157 cm³/mol. The van der Waals surface area contributed by atoms with Gasteiger partial charge in [0.15, 0.2) is 0 Å². The molecule has 0 radical (unpaired) electrons. The van der Waals surface area contributed by atoms with Crippen LogP contribution in [0.3, 0.4) is 0 Å². The second-order valence-corrected chi connectivity index (χ2v) is 11.8. The van der Waals surface area contributed by atoms with Crippen LogP contribution in [-0.4, -0.2) is 33.1 Å². The summed E-state index contributed by atoms with van der Waals surface area (Å²) in [6.07, 6.45) is 3.46. The monoisotopic (exact) mass is 548 g/mol. The highest BCUT2D eigenvalue weighted by Crippen LogP contribution is 2.40. The lowest BCUT2D eigenvalue weighted by molar-refractivity contribution is -0.139. The maximum absolute atomic E-state index is 13.2. The van der Waals surface area contributed by atoms with E-state index in [0.717, 1.165) is 23.3 Å². The highest BCUT2D eigenvalue weighted by Gasteiger charge is 2.36. The number of benzene rings is 2. The van der Waals surface area contributed by atoms with Crippen LogP contribution in [0.2, 0.25) is 0 Å². The molecule has 0 saturated heterocycles. The lowest BCUT2D eigenvalue weighted by Crippen LogP contribution is -2.30. The number of fused-ring (bicyclic) bond motifs is 1. The summed E-state index contributed by atoms with van der Waals surface area (Å²) in [5, 5.41) is 8.80. The molecule has 7 nitrogen and oxygen atoms in total. The number of rotatable bonds is 11. The molecule has 208 valence electrons. The molecule has 0 bridgehead atoms. The van der Waals surface area contributed by atoms with Crippen LogP contribution in [0.4, 0.5) is 5.95 Å². The van der Waals surface area contributed by atoms with E-state index in [4.69, 9.17) is 19.6 Å². The van der Waals surface area contributed by atoms with Gasteiger partial charge in [-0.25, -0.2) is 9.48 Å². The largest absolute Gasteiger partial charge is 0.489 e. The van der Waals surface area contributed by atoms with Gasteiger partial charge in [-0.05, 0) is 42.9 Å². The summed E-state index contributed by atoms with van der Waals surface area (Å²) in [5.41, 5.74) is 4.49. The SMILES string of the molecule is CCCCCSc1nc2n(n1)C(c1ccccc1OCc1ccc(C(C)(C)C)cc1)C(C(=O)OCC)=C(C)N2. The molecule has 2 heterocycles. The molecule has 0 saturated carbocycles. The molecule has 0 aliphatic carbocycles. The van der Waals surface area contributed by atoms with Crippen molar-refractivity contribution in [2.24, 2.45) is 0 Å². The minimum absolute atomic E-state index is 0.0946. The van der Waals surface area contributed by atoms with Crippen molar-refractivity contribution >= 4 is 23.7 Å². The third-order valence-electron chi connectivity index (χ3n) is 6.74. The van der Waals surface area contributed by atoms with Crippen LogP contribution in [0, 0.1) is 0 Å². The predicted octanol–water partition coefficient (Wildman–Crippen LogP) is 7.29. The normalized spacial score (nSPS) is 15.1. The van der Waals surface area contributed by atoms with Crippen molar-refractivity contribution < 1.29 is 14.3 Å². The Morgan fingerprint density at radius 3 is 2.51 bits per heavy atom. The van der Waals surface area contributed by atoms with Crippen molar-refractivity contribution in [2.75, 3.05) is 17.7 Å². The van der Waals surface area contributed by atoms with E-state index < -0.39 is 6.04 Å². The second kappa shape index (κ2) is 12.7. The van der Waals surface area contributed by atoms with E-state index >= 15 is 0 Å². The number of para-hydroxylation sites is 1. The Hall–Kier alpha value is -3.26. The van der Waals surface area contributed by atoms with Crippen LogP contribution >= 0.6 is 11.8 Å². The number of unbranched alkanes of at least 4 members (excludes halogenated alkanes) is 2. The number of hydrogen-bond acceptors (Lipinski definition) is 7. The summed E-state index contributed by atoms with van der Waals surface area (Å²) in [5.74, 6) is 1.87. The highest BCUT2D eigenvalue weighted by molar-refractivity contribution is 7.99. The molecule has 1 unspecified atom stereocenters. The van der Waals surface area contributed by atoms with Gasteiger partial charge in [-0.15, -0.1) is 5.10 Å². The number of esters is 1. The molecule has 1 N–H and O–H groups in total. The van der Waals surface area contributed by atoms with Crippen LogP contribution < -0.4 is 10.1 Å². The van der Waals surface area contributed by atoms with Crippen LogP contribution in [0.25, 0.3) is 0 Å². The summed E-state index contributed by atoms with van der Waals surface area (Å²) >= 11 is 1.64. The third-order valence-corrected chi connectivity index (χ3v) is 7.66. The van der Waals surface area contributed by atoms with Gasteiger partial charge in [0.05, 0.1) is 12.2 Å². The van der Waals surface area contributed by atoms with Crippen LogP contribution in [-0.2, 0) is 21.6 Å². The van der Waals surface area contributed by atoms with Crippen LogP contribution in [0.15, 0.2) is 65.0 Å². The van der Waals surface area contributed by atoms with Gasteiger partial charge in [0, 0.05) is 17.0 Å². The minimum Gasteiger partial charge on any atom is -0.489 e. The molecule has 0 spiro atoms. The molecule has 8 heteroatoms. The molecule has 0 amide bonds. The zero-order valence-electron chi connectivity index (χ0n) is 23.9. The lowest BCUT2D eigenvalue weighted by Gasteiger charge is -2.29. The molecule has 1 aliphatic heterocycles. The molecule has 4 rings (SSSR count). The number of thioether (sulfide) groups is 1. The standard InChI is InChI=1S/C31H40N4O3S/c1-7-9-12-19-39-30-33-29-32-21(3)26(28(36)37-8-2)27(35(29)34-30)24-13-10-11-14-25(24)38-20-22-15-17-23(18-16-22)31(4,5)6/h10-11,13-18,27H,7-9,12,19-20H2,1-6H3,(H,32,33,34). The molecule has 1 aliphatic rings. The van der Waals surface area contributed by atoms with E-state index in [9.17, 15) is 4.79 Å². The third kappa shape index (κ3) is 6.85. The lowest BCUT2D eigenvalue weighted by atomic mass is 9.87. The zero-order valence-corrected chi connectivity index (χ0v) is 24.7. The van der Waals surface area contributed by atoms with E-state index in [1.165, 1.54) is 18.4 Å². The molecule has 3 aromatic rings. The Bertz CT molecular complexity index is 1310. The fourth-order valence-corrected chi connectivity index (χ4v) is 5.40. The van der Waals surface area contributed by atoms with Gasteiger partial charge in [-0.1, -0.05) is 94.8 Å². The molecule has 1 aromatic heterocycles. The zero-order chi connectivity index (χ0) is 28.0. The Labute approximate surface area is 236 Å². The van der Waals surface area contributed by atoms with Gasteiger partial charge in [-0.3, -0.25) is 0 Å². The number of anilines is 1. The molecule has 39 heavy (non-hydrogen) atoms. The number of allylic oxidation sites excluding steroid dienone is 1. The number of nitrogens with one attached hydrogen (secondary N) is 1. The van der Waals surface area contributed by atoms with E-state index in [1.54, 1.807) is 16.4 Å². The van der Waals surface area contributed by atoms with Gasteiger partial charge in [0.1, 0.15) is 18.4 Å². The van der Waals surface area contributed by atoms with Crippen molar-refractivity contribution in [2.45, 2.75) is 84.0 Å². The quantitative estimate of drug-likeness (QED) is 0.153. The first-order valence-electron chi connectivity index (χ1n) is 13.8. The Kier molecular flexibility index (Phi) is 9.38. The molecule has 0 fully saturated rings. The average molecular weight is 549 g/mol. The maximum Gasteiger partial charge on any atom is 0.338 e. The maximum atomic E-state index is 13.2. The van der Waals surface area contributed by atoms with Crippen molar-refractivity contribution in [1.82, 2.24) is 14.8 Å². The average Bonchev–Trinajstić information content (AvgIpc) is 3.31. The molecular weight excluding hydrogens is 508 g/mol. The van der Waals surface area contributed by atoms with Gasteiger partial charge in [-0.2, -0.15) is 4.98 Å². The number of aromatic nitrogens is 3. The second-order valence-electron chi connectivity index (χ2n) is 10.8. The van der Waals surface area contributed by atoms with Gasteiger partial charge < -0.3 is 14.8 Å². The van der Waals surface area contributed by atoms with Gasteiger partial charge in [0.2, 0.25) is 11.1 Å². The van der Waals surface area contributed by atoms with Gasteiger partial charge in [0.25, 0.3) is 0 Å². The first kappa shape index (κ1) is 28.7. The summed E-state index contributed by atoms with van der Waals surface area (Å²) in [7, 11) is 0. The Morgan fingerprint density at radius 1 is 1.08 bits per heavy atom. The Morgan fingerprint density at radius 2 is 1.82 bits per heavy atom. The van der Waals surface area contributed by atoms with E-state index in [-0.39, 0.29) is 18.0 Å². The van der Waals surface area contributed by atoms with Crippen LogP contribution in [0.1, 0.15) is 83.5 Å². The highest BCUT2D eigenvalue weighted by atomic mass is 32.2. The van der Waals surface area contributed by atoms with Crippen molar-refractivity contribution in [3.8, 4) is 5.75 Å². The molecule has 1 atom stereocenters. The smallest absolute Gasteiger partial charge is 0.338 e. The van der Waals surface area contributed by atoms with Crippen molar-refractivity contribution in [3.05, 3.63) is 76.5 Å². The number of carbonyl (C=O) groups excluding carboxylic acids is 1. The van der Waals surface area contributed by atoms with Crippen molar-refractivity contribution in [3.63, 3.8) is 0 Å². The number of carbonyl (C=O) groups is 1. The summed E-state index contributed by atoms with van der Waals surface area (Å²) in [6, 6.07) is 15.8. The summed E-state index contributed by atoms with van der Waals surface area (Å²) < 4.78 is 13.7. The number of nitrogens with zero attached hydrogens (tertiary/aromatic N) is 3. The summed E-state index contributed by atoms with van der Waals surface area (Å²) in [4.78, 5) is 18.0. The number of hydrogen-bond donors (Lipinski definition) is 1. The topological polar surface area (TPSA) is 78.3 Å². The van der Waals surface area contributed by atoms with Crippen molar-refractivity contribution in [1.29, 1.82) is 0 Å². The Balaban J connectivity index is 1.66. The van der Waals surface area contributed by atoms with E-state index in [2.05, 4.69) is 57.3 Å². The van der Waals surface area contributed by atoms with E-state index in [1.807, 2.05) is 38.1 Å². The van der Waals surface area contributed by atoms with E-state index in [0.29, 0.717) is 34.7 Å². The fraction of sp³-hybridized carbons (Fsp3) is 0.452. The molecule has 2 aromatic carbocycles. The number of ether oxygens (including phenoxy) is 2. The fourth-order valence-electron chi connectivity index (χ4n) is 4.57. The van der Waals surface area contributed by atoms with Gasteiger partial charge >= 0.3 is 5.97 Å². The summed E-state index contributed by atoms with van der Waals surface area (Å²) in [6.45, 7) is 13.2. The van der Waals surface area contributed by atoms with Crippen LogP contribution in [0.5, 0.6) is 5.75 Å². The molecular formula is C31H40N4O3S. The first-order valence-corrected chi connectivity index (χ1v) is 14.8. The minimum atomic E-state index is -0.530. The first-order chi connectivity index (χ1) is 18.7.